The summed E-state index contributed by atoms with van der Waals surface area (Å²) < 4.78 is 0. The number of hydrogen-bond acceptors (Lipinski definition) is 1. The van der Waals surface area contributed by atoms with Crippen LogP contribution in [-0.2, 0) is 0 Å². The Kier molecular flexibility index (Phi) is 1.71. The monoisotopic (exact) mass is 142 g/mol. The molecule has 1 heterocycles. The maximum Gasteiger partial charge on any atom is 0.0166 e. The zero-order valence-corrected chi connectivity index (χ0v) is 6.62. The van der Waals surface area contributed by atoms with Crippen molar-refractivity contribution in [1.82, 2.24) is 0 Å². The first-order valence-corrected chi connectivity index (χ1v) is 5.13. The molecule has 1 heteroatoms. The van der Waals surface area contributed by atoms with Crippen molar-refractivity contribution in [3.63, 3.8) is 0 Å². The molecule has 1 aliphatic heterocycles. The SMILES string of the molecule is C1CCC([C@@H]2CS2)CC1. The third-order valence-electron chi connectivity index (χ3n) is 2.53. The molecule has 0 bridgehead atoms. The van der Waals surface area contributed by atoms with Gasteiger partial charge >= 0.3 is 0 Å². The number of rotatable bonds is 1. The van der Waals surface area contributed by atoms with Crippen LogP contribution in [0.5, 0.6) is 0 Å². The molecule has 1 atom stereocenters. The van der Waals surface area contributed by atoms with Gasteiger partial charge in [0.05, 0.1) is 0 Å². The topological polar surface area (TPSA) is 0 Å². The van der Waals surface area contributed by atoms with E-state index in [1.54, 1.807) is 0 Å². The minimum Gasteiger partial charge on any atom is -0.156 e. The summed E-state index contributed by atoms with van der Waals surface area (Å²) in [5.41, 5.74) is 0. The standard InChI is InChI=1S/C8H14S/c1-2-4-7(5-3-1)8-6-9-8/h7-8H,1-6H2/t8-/m0/s1. The average molecular weight is 142 g/mol. The third kappa shape index (κ3) is 1.43. The predicted molar refractivity (Wildman–Crippen MR) is 42.8 cm³/mol. The predicted octanol–water partition coefficient (Wildman–Crippen LogP) is 2.68. The van der Waals surface area contributed by atoms with Crippen molar-refractivity contribution in [1.29, 1.82) is 0 Å². The smallest absolute Gasteiger partial charge is 0.0166 e. The van der Waals surface area contributed by atoms with E-state index in [0.29, 0.717) is 0 Å². The van der Waals surface area contributed by atoms with Gasteiger partial charge in [0.2, 0.25) is 0 Å². The van der Waals surface area contributed by atoms with Gasteiger partial charge in [-0.3, -0.25) is 0 Å². The van der Waals surface area contributed by atoms with Gasteiger partial charge < -0.3 is 0 Å². The Morgan fingerprint density at radius 2 is 1.67 bits per heavy atom. The van der Waals surface area contributed by atoms with Gasteiger partial charge in [0, 0.05) is 11.0 Å². The molecule has 0 aromatic carbocycles. The number of thioether (sulfide) groups is 1. The zero-order chi connectivity index (χ0) is 6.10. The van der Waals surface area contributed by atoms with Crippen LogP contribution in [0.15, 0.2) is 0 Å². The summed E-state index contributed by atoms with van der Waals surface area (Å²) in [4.78, 5) is 0. The fraction of sp³-hybridized carbons (Fsp3) is 1.00. The Morgan fingerprint density at radius 1 is 1.00 bits per heavy atom. The van der Waals surface area contributed by atoms with Crippen LogP contribution in [0.3, 0.4) is 0 Å². The third-order valence-corrected chi connectivity index (χ3v) is 3.64. The molecule has 0 aromatic heterocycles. The minimum atomic E-state index is 1.10. The summed E-state index contributed by atoms with van der Waals surface area (Å²) in [7, 11) is 0. The lowest BCUT2D eigenvalue weighted by atomic mass is 9.88. The molecule has 2 fully saturated rings. The van der Waals surface area contributed by atoms with Gasteiger partial charge in [-0.15, -0.1) is 0 Å². The summed E-state index contributed by atoms with van der Waals surface area (Å²) >= 11 is 2.17. The Labute approximate surface area is 61.4 Å². The fourth-order valence-corrected chi connectivity index (χ4v) is 2.76. The molecule has 52 valence electrons. The molecular formula is C8H14S. The molecule has 2 aliphatic rings. The van der Waals surface area contributed by atoms with Gasteiger partial charge in [-0.25, -0.2) is 0 Å². The summed E-state index contributed by atoms with van der Waals surface area (Å²) in [6, 6.07) is 0. The van der Waals surface area contributed by atoms with Gasteiger partial charge in [0.1, 0.15) is 0 Å². The lowest BCUT2D eigenvalue weighted by Gasteiger charge is -2.19. The van der Waals surface area contributed by atoms with Crippen LogP contribution in [0, 0.1) is 5.92 Å². The van der Waals surface area contributed by atoms with Crippen LogP contribution < -0.4 is 0 Å². The Morgan fingerprint density at radius 3 is 2.22 bits per heavy atom. The molecule has 0 amide bonds. The molecule has 0 spiro atoms. The zero-order valence-electron chi connectivity index (χ0n) is 5.81. The second-order valence-corrected chi connectivity index (χ2v) is 4.54. The van der Waals surface area contributed by atoms with Gasteiger partial charge in [0.15, 0.2) is 0 Å². The van der Waals surface area contributed by atoms with E-state index in [9.17, 15) is 0 Å². The maximum atomic E-state index is 2.17. The summed E-state index contributed by atoms with van der Waals surface area (Å²) in [6.07, 6.45) is 7.62. The highest BCUT2D eigenvalue weighted by Crippen LogP contribution is 2.43. The largest absolute Gasteiger partial charge is 0.156 e. The van der Waals surface area contributed by atoms with E-state index < -0.39 is 0 Å². The van der Waals surface area contributed by atoms with Crippen LogP contribution in [-0.4, -0.2) is 11.0 Å². The first kappa shape index (κ1) is 6.09. The molecule has 9 heavy (non-hydrogen) atoms. The van der Waals surface area contributed by atoms with Gasteiger partial charge in [-0.2, -0.15) is 11.8 Å². The van der Waals surface area contributed by atoms with Crippen molar-refractivity contribution >= 4 is 11.8 Å². The average Bonchev–Trinajstić information content (AvgIpc) is 2.71. The molecule has 0 N–H and O–H groups in total. The highest BCUT2D eigenvalue weighted by Gasteiger charge is 2.32. The highest BCUT2D eigenvalue weighted by atomic mass is 32.2. The van der Waals surface area contributed by atoms with Gasteiger partial charge in [0.25, 0.3) is 0 Å². The fourth-order valence-electron chi connectivity index (χ4n) is 1.83. The van der Waals surface area contributed by atoms with E-state index in [-0.39, 0.29) is 0 Å². The van der Waals surface area contributed by atoms with Crippen molar-refractivity contribution < 1.29 is 0 Å². The Balaban J connectivity index is 1.80. The van der Waals surface area contributed by atoms with Gasteiger partial charge in [-0.05, 0) is 18.8 Å². The van der Waals surface area contributed by atoms with Crippen molar-refractivity contribution in [2.45, 2.75) is 37.4 Å². The normalized spacial score (nSPS) is 36.7. The molecule has 1 saturated heterocycles. The van der Waals surface area contributed by atoms with E-state index >= 15 is 0 Å². The first-order chi connectivity index (χ1) is 4.47. The van der Waals surface area contributed by atoms with E-state index in [2.05, 4.69) is 11.8 Å². The van der Waals surface area contributed by atoms with Crippen molar-refractivity contribution in [3.05, 3.63) is 0 Å². The van der Waals surface area contributed by atoms with Crippen molar-refractivity contribution in [3.8, 4) is 0 Å². The van der Waals surface area contributed by atoms with E-state index in [1.807, 2.05) is 0 Å². The Hall–Kier alpha value is 0.350. The number of hydrogen-bond donors (Lipinski definition) is 0. The minimum absolute atomic E-state index is 1.10. The van der Waals surface area contributed by atoms with E-state index in [4.69, 9.17) is 0 Å². The highest BCUT2D eigenvalue weighted by molar-refractivity contribution is 8.06. The summed E-state index contributed by atoms with van der Waals surface area (Å²) in [5, 5.41) is 1.10. The van der Waals surface area contributed by atoms with Crippen LogP contribution in [0.1, 0.15) is 32.1 Å². The lowest BCUT2D eigenvalue weighted by Crippen LogP contribution is -2.10. The second kappa shape index (κ2) is 2.53. The van der Waals surface area contributed by atoms with Crippen LogP contribution in [0.2, 0.25) is 0 Å². The van der Waals surface area contributed by atoms with Crippen LogP contribution in [0.4, 0.5) is 0 Å². The lowest BCUT2D eigenvalue weighted by molar-refractivity contribution is 0.369. The van der Waals surface area contributed by atoms with E-state index in [0.717, 1.165) is 11.2 Å². The summed E-state index contributed by atoms with van der Waals surface area (Å²) in [5.74, 6) is 2.61. The summed E-state index contributed by atoms with van der Waals surface area (Å²) in [6.45, 7) is 0. The quantitative estimate of drug-likeness (QED) is 0.507. The van der Waals surface area contributed by atoms with Gasteiger partial charge in [-0.1, -0.05) is 19.3 Å². The molecular weight excluding hydrogens is 128 g/mol. The molecule has 0 aromatic rings. The maximum absolute atomic E-state index is 2.17. The van der Waals surface area contributed by atoms with Crippen molar-refractivity contribution in [2.24, 2.45) is 5.92 Å². The molecule has 1 aliphatic carbocycles. The van der Waals surface area contributed by atoms with Crippen molar-refractivity contribution in [2.75, 3.05) is 5.75 Å². The van der Waals surface area contributed by atoms with Crippen LogP contribution in [0.25, 0.3) is 0 Å². The Bertz CT molecular complexity index is 90.7. The van der Waals surface area contributed by atoms with Crippen LogP contribution >= 0.6 is 11.8 Å². The molecule has 0 radical (unpaired) electrons. The molecule has 0 nitrogen and oxygen atoms in total. The first-order valence-electron chi connectivity index (χ1n) is 4.08. The van der Waals surface area contributed by atoms with E-state index in [1.165, 1.54) is 37.9 Å². The molecule has 1 saturated carbocycles. The molecule has 2 rings (SSSR count). The second-order valence-electron chi connectivity index (χ2n) is 3.27. The molecule has 0 unspecified atom stereocenters.